The van der Waals surface area contributed by atoms with Crippen LogP contribution < -0.4 is 0 Å². The zero-order chi connectivity index (χ0) is 19.6. The lowest BCUT2D eigenvalue weighted by molar-refractivity contribution is 0.0579. The van der Waals surface area contributed by atoms with Gasteiger partial charge in [-0.3, -0.25) is 9.80 Å². The number of aromatic nitrogens is 2. The molecule has 0 bridgehead atoms. The molecule has 3 aliphatic rings. The fraction of sp³-hybridized carbons (Fsp3) is 0.480. The van der Waals surface area contributed by atoms with Crippen molar-refractivity contribution in [2.45, 2.75) is 51.7 Å². The van der Waals surface area contributed by atoms with Crippen LogP contribution in [0.5, 0.6) is 0 Å². The molecule has 4 nitrogen and oxygen atoms in total. The Bertz CT molecular complexity index is 911. The maximum Gasteiger partial charge on any atom is 0.140 e. The van der Waals surface area contributed by atoms with Crippen LogP contribution in [0.25, 0.3) is 23.5 Å². The zero-order valence-corrected chi connectivity index (χ0v) is 17.6. The van der Waals surface area contributed by atoms with Crippen LogP contribution in [-0.2, 0) is 13.1 Å². The van der Waals surface area contributed by atoms with Crippen molar-refractivity contribution in [2.75, 3.05) is 26.2 Å². The summed E-state index contributed by atoms with van der Waals surface area (Å²) >= 11 is 0. The van der Waals surface area contributed by atoms with Crippen LogP contribution in [0, 0.1) is 0 Å². The quantitative estimate of drug-likeness (QED) is 0.744. The van der Waals surface area contributed by atoms with Gasteiger partial charge in [0.15, 0.2) is 0 Å². The maximum absolute atomic E-state index is 4.89. The fourth-order valence-electron chi connectivity index (χ4n) is 4.94. The van der Waals surface area contributed by atoms with Crippen molar-refractivity contribution >= 4 is 12.2 Å². The summed E-state index contributed by atoms with van der Waals surface area (Å²) in [4.78, 5) is 10.2. The van der Waals surface area contributed by atoms with Gasteiger partial charge in [0.25, 0.3) is 0 Å². The highest BCUT2D eigenvalue weighted by Gasteiger charge is 2.28. The van der Waals surface area contributed by atoms with Gasteiger partial charge in [0.2, 0.25) is 0 Å². The minimum Gasteiger partial charge on any atom is -0.327 e. The molecule has 0 spiro atoms. The number of allylic oxidation sites excluding steroid dienone is 2. The van der Waals surface area contributed by atoms with Gasteiger partial charge in [-0.2, -0.15) is 0 Å². The highest BCUT2D eigenvalue weighted by Crippen LogP contribution is 2.30. The number of imidazole rings is 1. The molecule has 0 N–H and O–H groups in total. The molecule has 2 heterocycles. The van der Waals surface area contributed by atoms with Crippen molar-refractivity contribution in [2.24, 2.45) is 0 Å². The first-order valence-electron chi connectivity index (χ1n) is 11.3. The smallest absolute Gasteiger partial charge is 0.140 e. The summed E-state index contributed by atoms with van der Waals surface area (Å²) in [5, 5.41) is 0. The van der Waals surface area contributed by atoms with Gasteiger partial charge in [0, 0.05) is 50.9 Å². The van der Waals surface area contributed by atoms with E-state index in [0.717, 1.165) is 31.4 Å². The van der Waals surface area contributed by atoms with Crippen LogP contribution in [0.1, 0.15) is 49.4 Å². The van der Waals surface area contributed by atoms with Crippen molar-refractivity contribution in [3.63, 3.8) is 0 Å². The number of piperazine rings is 1. The number of benzene rings is 1. The molecule has 1 saturated heterocycles. The molecule has 5 rings (SSSR count). The SMILES string of the molecule is CCn1c(CN2CCN(C3CCC3)CC2)cnc1-c1cccc2c1C=CCC=C2. The van der Waals surface area contributed by atoms with E-state index in [4.69, 9.17) is 4.98 Å². The first kappa shape index (κ1) is 18.8. The molecule has 2 aromatic rings. The van der Waals surface area contributed by atoms with E-state index in [1.54, 1.807) is 0 Å². The van der Waals surface area contributed by atoms with Gasteiger partial charge >= 0.3 is 0 Å². The van der Waals surface area contributed by atoms with Crippen LogP contribution in [0.2, 0.25) is 0 Å². The van der Waals surface area contributed by atoms with Crippen LogP contribution >= 0.6 is 0 Å². The maximum atomic E-state index is 4.89. The Balaban J connectivity index is 1.36. The summed E-state index contributed by atoms with van der Waals surface area (Å²) in [6.45, 7) is 8.99. The number of rotatable bonds is 5. The predicted octanol–water partition coefficient (Wildman–Crippen LogP) is 4.67. The Morgan fingerprint density at radius 1 is 1.03 bits per heavy atom. The van der Waals surface area contributed by atoms with E-state index in [1.165, 1.54) is 67.8 Å². The highest BCUT2D eigenvalue weighted by molar-refractivity contribution is 5.79. The average Bonchev–Trinajstić information content (AvgIpc) is 2.94. The van der Waals surface area contributed by atoms with Crippen molar-refractivity contribution in [1.82, 2.24) is 19.4 Å². The van der Waals surface area contributed by atoms with Crippen LogP contribution in [0.4, 0.5) is 0 Å². The Morgan fingerprint density at radius 2 is 1.86 bits per heavy atom. The van der Waals surface area contributed by atoms with Crippen LogP contribution in [-0.4, -0.2) is 51.6 Å². The largest absolute Gasteiger partial charge is 0.327 e. The highest BCUT2D eigenvalue weighted by atomic mass is 15.3. The molecule has 2 aliphatic carbocycles. The van der Waals surface area contributed by atoms with Gasteiger partial charge in [-0.15, -0.1) is 0 Å². The minimum atomic E-state index is 0.875. The summed E-state index contributed by atoms with van der Waals surface area (Å²) < 4.78 is 2.41. The number of hydrogen-bond acceptors (Lipinski definition) is 3. The third-order valence-corrected chi connectivity index (χ3v) is 6.87. The van der Waals surface area contributed by atoms with Crippen molar-refractivity contribution in [3.05, 3.63) is 53.4 Å². The second-order valence-corrected chi connectivity index (χ2v) is 8.56. The lowest BCUT2D eigenvalue weighted by Crippen LogP contribution is -2.51. The second kappa shape index (κ2) is 8.29. The van der Waals surface area contributed by atoms with E-state index in [-0.39, 0.29) is 0 Å². The van der Waals surface area contributed by atoms with Crippen molar-refractivity contribution in [3.8, 4) is 11.4 Å². The molecule has 29 heavy (non-hydrogen) atoms. The number of nitrogens with zero attached hydrogens (tertiary/aromatic N) is 4. The van der Waals surface area contributed by atoms with E-state index in [2.05, 4.69) is 70.0 Å². The van der Waals surface area contributed by atoms with E-state index in [1.807, 2.05) is 0 Å². The Hall–Kier alpha value is -2.17. The molecule has 1 saturated carbocycles. The first-order valence-corrected chi connectivity index (χ1v) is 11.3. The lowest BCUT2D eigenvalue weighted by atomic mass is 9.91. The Morgan fingerprint density at radius 3 is 2.62 bits per heavy atom. The van der Waals surface area contributed by atoms with Crippen LogP contribution in [0.3, 0.4) is 0 Å². The molecule has 152 valence electrons. The van der Waals surface area contributed by atoms with E-state index in [0.29, 0.717) is 0 Å². The van der Waals surface area contributed by atoms with Gasteiger partial charge < -0.3 is 4.57 Å². The molecular formula is C25H32N4. The summed E-state index contributed by atoms with van der Waals surface area (Å²) in [5.74, 6) is 1.10. The summed E-state index contributed by atoms with van der Waals surface area (Å²) in [6, 6.07) is 7.46. The molecule has 0 radical (unpaired) electrons. The van der Waals surface area contributed by atoms with Gasteiger partial charge in [-0.25, -0.2) is 4.98 Å². The van der Waals surface area contributed by atoms with Crippen molar-refractivity contribution < 1.29 is 0 Å². The fourth-order valence-corrected chi connectivity index (χ4v) is 4.94. The molecule has 4 heteroatoms. The molecule has 2 fully saturated rings. The molecule has 0 atom stereocenters. The van der Waals surface area contributed by atoms with E-state index < -0.39 is 0 Å². The predicted molar refractivity (Wildman–Crippen MR) is 121 cm³/mol. The third kappa shape index (κ3) is 3.72. The Kier molecular flexibility index (Phi) is 5.38. The molecular weight excluding hydrogens is 356 g/mol. The van der Waals surface area contributed by atoms with Gasteiger partial charge in [-0.05, 0) is 37.3 Å². The van der Waals surface area contributed by atoms with Crippen molar-refractivity contribution in [1.29, 1.82) is 0 Å². The topological polar surface area (TPSA) is 24.3 Å². The van der Waals surface area contributed by atoms with Crippen LogP contribution in [0.15, 0.2) is 36.5 Å². The average molecular weight is 389 g/mol. The lowest BCUT2D eigenvalue weighted by Gasteiger charge is -2.43. The number of hydrogen-bond donors (Lipinski definition) is 0. The zero-order valence-electron chi connectivity index (χ0n) is 17.6. The Labute approximate surface area is 174 Å². The molecule has 1 aromatic heterocycles. The number of fused-ring (bicyclic) bond motifs is 1. The molecule has 1 aromatic carbocycles. The molecule has 0 amide bonds. The first-order chi connectivity index (χ1) is 14.3. The normalized spacial score (nSPS) is 20.4. The summed E-state index contributed by atoms with van der Waals surface area (Å²) in [6.07, 6.45) is 16.3. The summed E-state index contributed by atoms with van der Waals surface area (Å²) in [7, 11) is 0. The van der Waals surface area contributed by atoms with E-state index >= 15 is 0 Å². The summed E-state index contributed by atoms with van der Waals surface area (Å²) in [5.41, 5.74) is 5.16. The van der Waals surface area contributed by atoms with Gasteiger partial charge in [-0.1, -0.05) is 48.9 Å². The third-order valence-electron chi connectivity index (χ3n) is 6.87. The van der Waals surface area contributed by atoms with Gasteiger partial charge in [0.05, 0.1) is 11.9 Å². The van der Waals surface area contributed by atoms with E-state index in [9.17, 15) is 0 Å². The minimum absolute atomic E-state index is 0.875. The monoisotopic (exact) mass is 388 g/mol. The standard InChI is InChI=1S/C25H32N4/c1-2-29-22(19-27-14-16-28(17-15-27)21-10-7-11-21)18-26-25(29)24-13-6-9-20-8-4-3-5-12-23(20)24/h4-6,8-9,12-13,18,21H,2-3,7,10-11,14-17,19H2,1H3. The molecule has 0 unspecified atom stereocenters. The molecule has 1 aliphatic heterocycles. The van der Waals surface area contributed by atoms with Gasteiger partial charge in [0.1, 0.15) is 5.82 Å². The second-order valence-electron chi connectivity index (χ2n) is 8.56.